The van der Waals surface area contributed by atoms with Crippen molar-refractivity contribution in [2.24, 2.45) is 0 Å². The van der Waals surface area contributed by atoms with Gasteiger partial charge in [-0.1, -0.05) is 72.8 Å². The van der Waals surface area contributed by atoms with Gasteiger partial charge in [-0.15, -0.1) is 0 Å². The normalized spacial score (nSPS) is 13.2. The molecule has 6 rings (SSSR count). The van der Waals surface area contributed by atoms with E-state index in [1.807, 2.05) is 0 Å². The molecule has 55 heavy (non-hydrogen) atoms. The summed E-state index contributed by atoms with van der Waals surface area (Å²) in [4.78, 5) is 0. The third-order valence-corrected chi connectivity index (χ3v) is 19.6. The van der Waals surface area contributed by atoms with Crippen LogP contribution in [0.2, 0.25) is 0 Å². The number of benzene rings is 6. The summed E-state index contributed by atoms with van der Waals surface area (Å²) in [5.74, 6) is -0.473. The second-order valence-corrected chi connectivity index (χ2v) is 20.1. The molecule has 0 saturated carbocycles. The SMILES string of the molecule is FC(F)(F)c1cc(C(F)(F)F)cc([P+](C[P+](c2ccccc2)(c2ccccc2)c2cc(C(F)(F)F)cc(C(F)(F)F)c2)(c2ccccc2)c2ccccc2)c1. The molecule has 0 aliphatic carbocycles. The number of alkyl halides is 12. The van der Waals surface area contributed by atoms with Gasteiger partial charge in [0.25, 0.3) is 0 Å². The predicted octanol–water partition coefficient (Wildman–Crippen LogP) is 11.0. The molecule has 0 nitrogen and oxygen atoms in total. The van der Waals surface area contributed by atoms with Gasteiger partial charge in [0.05, 0.1) is 22.3 Å². The van der Waals surface area contributed by atoms with E-state index < -0.39 is 78.0 Å². The summed E-state index contributed by atoms with van der Waals surface area (Å²) >= 11 is 0. The average Bonchev–Trinajstić information content (AvgIpc) is 3.15. The molecule has 6 aromatic carbocycles. The first-order valence-corrected chi connectivity index (χ1v) is 20.3. The highest BCUT2D eigenvalue weighted by Gasteiger charge is 2.61. The summed E-state index contributed by atoms with van der Waals surface area (Å²) in [5.41, 5.74) is -6.46. The Morgan fingerprint density at radius 1 is 0.273 bits per heavy atom. The van der Waals surface area contributed by atoms with E-state index in [0.717, 1.165) is 0 Å². The van der Waals surface area contributed by atoms with Crippen LogP contribution in [0.4, 0.5) is 52.7 Å². The van der Waals surface area contributed by atoms with Crippen LogP contribution in [0.5, 0.6) is 0 Å². The first kappa shape index (κ1) is 40.0. The lowest BCUT2D eigenvalue weighted by molar-refractivity contribution is -0.144. The molecule has 0 spiro atoms. The van der Waals surface area contributed by atoms with Crippen molar-refractivity contribution in [1.29, 1.82) is 0 Å². The molecule has 0 aliphatic heterocycles. The maximum atomic E-state index is 14.6. The Kier molecular flexibility index (Phi) is 10.7. The van der Waals surface area contributed by atoms with E-state index in [1.165, 1.54) is 97.1 Å². The molecule has 0 amide bonds. The molecule has 0 aliphatic rings. The Morgan fingerprint density at radius 2 is 0.473 bits per heavy atom. The molecule has 6 aromatic rings. The standard InChI is InChI=1S/C41H28F12P2/c42-38(43,44)28-21-29(39(45,46)47)24-36(23-28)54(32-13-5-1-6-14-32,33-15-7-2-8-16-33)27-55(34-17-9-3-10-18-34,35-19-11-4-12-20-35)37-25-30(40(48,49)50)22-31(26-37)41(51,52)53/h1-26H,27H2/q+2. The Balaban J connectivity index is 1.89. The Morgan fingerprint density at radius 3 is 0.655 bits per heavy atom. The van der Waals surface area contributed by atoms with E-state index in [1.54, 1.807) is 24.3 Å². The van der Waals surface area contributed by atoms with Gasteiger partial charge < -0.3 is 0 Å². The first-order valence-electron chi connectivity index (χ1n) is 16.3. The molecular formula is C41H28F12P2+2. The van der Waals surface area contributed by atoms with E-state index in [0.29, 0.717) is 24.3 Å². The van der Waals surface area contributed by atoms with Crippen molar-refractivity contribution in [3.05, 3.63) is 180 Å². The van der Waals surface area contributed by atoms with E-state index >= 15 is 0 Å². The van der Waals surface area contributed by atoms with Gasteiger partial charge in [-0.05, 0) is 84.9 Å². The molecule has 0 aromatic heterocycles. The van der Waals surface area contributed by atoms with Gasteiger partial charge in [0, 0.05) is 0 Å². The Hall–Kier alpha value is -4.66. The van der Waals surface area contributed by atoms with Gasteiger partial charge in [-0.3, -0.25) is 0 Å². The van der Waals surface area contributed by atoms with Crippen LogP contribution < -0.4 is 31.8 Å². The second-order valence-electron chi connectivity index (χ2n) is 12.6. The van der Waals surface area contributed by atoms with Gasteiger partial charge in [0.2, 0.25) is 0 Å². The highest BCUT2D eigenvalue weighted by atomic mass is 31.2. The highest BCUT2D eigenvalue weighted by Crippen LogP contribution is 2.71. The molecule has 284 valence electrons. The van der Waals surface area contributed by atoms with Crippen LogP contribution >= 0.6 is 14.5 Å². The minimum Gasteiger partial charge on any atom is -0.166 e. The molecule has 0 bridgehead atoms. The summed E-state index contributed by atoms with van der Waals surface area (Å²) < 4.78 is 175. The maximum absolute atomic E-state index is 14.6. The quantitative estimate of drug-likeness (QED) is 0.106. The zero-order chi connectivity index (χ0) is 39.9. The molecule has 0 N–H and O–H groups in total. The predicted molar refractivity (Wildman–Crippen MR) is 195 cm³/mol. The lowest BCUT2D eigenvalue weighted by Gasteiger charge is -2.35. The van der Waals surface area contributed by atoms with Crippen LogP contribution in [0.3, 0.4) is 0 Å². The summed E-state index contributed by atoms with van der Waals surface area (Å²) in [6.45, 7) is 0. The van der Waals surface area contributed by atoms with Crippen LogP contribution in [0.15, 0.2) is 158 Å². The molecule has 14 heteroatoms. The monoisotopic (exact) mass is 810 g/mol. The molecule has 0 atom stereocenters. The van der Waals surface area contributed by atoms with E-state index in [-0.39, 0.29) is 33.4 Å². The smallest absolute Gasteiger partial charge is 0.166 e. The Bertz CT molecular complexity index is 1930. The second kappa shape index (κ2) is 14.8. The van der Waals surface area contributed by atoms with Crippen LogP contribution in [0, 0.1) is 0 Å². The fourth-order valence-corrected chi connectivity index (χ4v) is 19.2. The van der Waals surface area contributed by atoms with Gasteiger partial charge in [-0.2, -0.15) is 52.7 Å². The van der Waals surface area contributed by atoms with Crippen molar-refractivity contribution in [3.63, 3.8) is 0 Å². The topological polar surface area (TPSA) is 0 Å². The Labute approximate surface area is 309 Å². The molecular weight excluding hydrogens is 782 g/mol. The highest BCUT2D eigenvalue weighted by molar-refractivity contribution is 8.10. The van der Waals surface area contributed by atoms with E-state index in [4.69, 9.17) is 0 Å². The zero-order valence-corrected chi connectivity index (χ0v) is 29.9. The van der Waals surface area contributed by atoms with Crippen LogP contribution in [-0.2, 0) is 24.7 Å². The minimum atomic E-state index is -5.27. The maximum Gasteiger partial charge on any atom is 0.416 e. The van der Waals surface area contributed by atoms with Crippen molar-refractivity contribution < 1.29 is 52.7 Å². The number of hydrogen-bond acceptors (Lipinski definition) is 0. The lowest BCUT2D eigenvalue weighted by atomic mass is 10.1. The van der Waals surface area contributed by atoms with Gasteiger partial charge in [-0.25, -0.2) is 0 Å². The van der Waals surface area contributed by atoms with Crippen LogP contribution in [0.1, 0.15) is 22.3 Å². The average molecular weight is 811 g/mol. The van der Waals surface area contributed by atoms with Crippen molar-refractivity contribution in [1.82, 2.24) is 0 Å². The van der Waals surface area contributed by atoms with E-state index in [2.05, 4.69) is 0 Å². The van der Waals surface area contributed by atoms with Gasteiger partial charge in [0.1, 0.15) is 31.8 Å². The molecule has 0 unspecified atom stereocenters. The van der Waals surface area contributed by atoms with Crippen LogP contribution in [-0.4, -0.2) is 5.90 Å². The largest absolute Gasteiger partial charge is 0.416 e. The summed E-state index contributed by atoms with van der Waals surface area (Å²) in [5, 5.41) is 0.208. The first-order chi connectivity index (χ1) is 25.8. The number of rotatable bonds is 8. The van der Waals surface area contributed by atoms with Crippen molar-refractivity contribution in [2.75, 3.05) is 5.90 Å². The fraction of sp³-hybridized carbons (Fsp3) is 0.122. The van der Waals surface area contributed by atoms with Crippen LogP contribution in [0.25, 0.3) is 0 Å². The zero-order valence-electron chi connectivity index (χ0n) is 28.1. The number of halogens is 12. The van der Waals surface area contributed by atoms with Gasteiger partial charge in [0.15, 0.2) is 20.4 Å². The summed E-state index contributed by atoms with van der Waals surface area (Å²) in [6.07, 6.45) is -21.1. The molecule has 0 radical (unpaired) electrons. The van der Waals surface area contributed by atoms with Crippen molar-refractivity contribution in [2.45, 2.75) is 24.7 Å². The summed E-state index contributed by atoms with van der Waals surface area (Å²) in [6, 6.07) is 33.2. The van der Waals surface area contributed by atoms with Gasteiger partial charge >= 0.3 is 24.7 Å². The molecule has 0 fully saturated rings. The minimum absolute atomic E-state index is 0.00658. The van der Waals surface area contributed by atoms with E-state index in [9.17, 15) is 52.7 Å². The number of hydrogen-bond donors (Lipinski definition) is 0. The molecule has 0 saturated heterocycles. The third-order valence-electron chi connectivity index (χ3n) is 9.24. The summed E-state index contributed by atoms with van der Waals surface area (Å²) in [7, 11) is -7.98. The third kappa shape index (κ3) is 8.03. The molecule has 0 heterocycles. The fourth-order valence-electron chi connectivity index (χ4n) is 6.75. The van der Waals surface area contributed by atoms with Crippen molar-refractivity contribution >= 4 is 46.4 Å². The van der Waals surface area contributed by atoms with Crippen molar-refractivity contribution in [3.8, 4) is 0 Å². The lowest BCUT2D eigenvalue weighted by Crippen LogP contribution is -2.42.